The average molecular weight is 255 g/mol. The minimum absolute atomic E-state index is 0.962. The molecule has 0 unspecified atom stereocenters. The monoisotopic (exact) mass is 255 g/mol. The normalized spacial score (nSPS) is 12.8. The number of hydrogen-bond donors (Lipinski definition) is 0. The summed E-state index contributed by atoms with van der Waals surface area (Å²) < 4.78 is 4.22. The van der Waals surface area contributed by atoms with Gasteiger partial charge in [-0.2, -0.15) is 0 Å². The standard InChI is InChI=1S/C16H10BN3/c1-2-10-19-14(9-1)18-16-12-7-3-5-11-6-4-8-13(15(11)12)20(16)17-19/h1-10H/q+1. The van der Waals surface area contributed by atoms with E-state index in [0.29, 0.717) is 0 Å². The summed E-state index contributed by atoms with van der Waals surface area (Å²) in [5.41, 5.74) is 2.22. The molecule has 91 valence electrons. The first-order valence-corrected chi connectivity index (χ1v) is 6.67. The number of rotatable bonds is 0. The maximum absolute atomic E-state index is 4.82. The maximum Gasteiger partial charge on any atom is 0.555 e. The molecule has 5 rings (SSSR count). The highest BCUT2D eigenvalue weighted by molar-refractivity contribution is 6.28. The fourth-order valence-corrected chi connectivity index (χ4v) is 3.06. The van der Waals surface area contributed by atoms with E-state index < -0.39 is 0 Å². The van der Waals surface area contributed by atoms with Gasteiger partial charge in [-0.25, -0.2) is 0 Å². The predicted octanol–water partition coefficient (Wildman–Crippen LogP) is 2.00. The van der Waals surface area contributed by atoms with Crippen LogP contribution in [-0.4, -0.2) is 12.0 Å². The first kappa shape index (κ1) is 10.2. The largest absolute Gasteiger partial charge is 0.555 e. The maximum atomic E-state index is 4.82. The van der Waals surface area contributed by atoms with Crippen LogP contribution in [0.2, 0.25) is 0 Å². The molecule has 0 bridgehead atoms. The molecule has 2 aromatic carbocycles. The molecule has 20 heavy (non-hydrogen) atoms. The molecule has 3 nitrogen and oxygen atoms in total. The molecule has 2 aromatic heterocycles. The van der Waals surface area contributed by atoms with Gasteiger partial charge in [-0.1, -0.05) is 30.3 Å². The minimum atomic E-state index is 0.962. The molecule has 0 saturated heterocycles. The lowest BCUT2D eigenvalue weighted by Crippen LogP contribution is -2.50. The van der Waals surface area contributed by atoms with Crippen molar-refractivity contribution in [2.45, 2.75) is 0 Å². The molecule has 4 aromatic rings. The molecule has 0 amide bonds. The van der Waals surface area contributed by atoms with Crippen LogP contribution in [0.5, 0.6) is 0 Å². The van der Waals surface area contributed by atoms with Gasteiger partial charge in [-0.3, -0.25) is 4.48 Å². The Morgan fingerprint density at radius 3 is 2.80 bits per heavy atom. The zero-order valence-corrected chi connectivity index (χ0v) is 10.7. The number of nitrogens with zero attached hydrogens (tertiary/aromatic N) is 3. The highest BCUT2D eigenvalue weighted by Gasteiger charge is 2.25. The third-order valence-electron chi connectivity index (χ3n) is 3.94. The Kier molecular flexibility index (Phi) is 1.78. The highest BCUT2D eigenvalue weighted by Crippen LogP contribution is 2.25. The Morgan fingerprint density at radius 1 is 0.950 bits per heavy atom. The summed E-state index contributed by atoms with van der Waals surface area (Å²) in [5.74, 6) is 0.962. The second-order valence-corrected chi connectivity index (χ2v) is 5.07. The first-order valence-electron chi connectivity index (χ1n) is 6.67. The van der Waals surface area contributed by atoms with Crippen LogP contribution < -0.4 is 9.97 Å². The van der Waals surface area contributed by atoms with E-state index in [1.54, 1.807) is 0 Å². The summed E-state index contributed by atoms with van der Waals surface area (Å²) in [7, 11) is 2.10. The van der Waals surface area contributed by atoms with E-state index in [2.05, 4.69) is 48.4 Å². The average Bonchev–Trinajstić information content (AvgIpc) is 2.82. The van der Waals surface area contributed by atoms with Gasteiger partial charge in [0.2, 0.25) is 5.49 Å². The molecule has 0 spiro atoms. The van der Waals surface area contributed by atoms with E-state index in [0.717, 1.165) is 11.3 Å². The molecule has 1 radical (unpaired) electrons. The Bertz CT molecular complexity index is 1030. The van der Waals surface area contributed by atoms with Crippen molar-refractivity contribution < 1.29 is 4.48 Å². The number of pyridine rings is 1. The smallest absolute Gasteiger partial charge is 0.307 e. The van der Waals surface area contributed by atoms with Gasteiger partial charge < -0.3 is 4.48 Å². The summed E-state index contributed by atoms with van der Waals surface area (Å²) >= 11 is 0. The molecule has 0 fully saturated rings. The Labute approximate surface area is 116 Å². The van der Waals surface area contributed by atoms with Crippen molar-refractivity contribution >= 4 is 35.0 Å². The van der Waals surface area contributed by atoms with Crippen LogP contribution in [0.15, 0.2) is 65.8 Å². The summed E-state index contributed by atoms with van der Waals surface area (Å²) in [6.07, 6.45) is 2.03. The molecule has 1 aliphatic heterocycles. The van der Waals surface area contributed by atoms with Crippen LogP contribution in [0, 0.1) is 0 Å². The Balaban J connectivity index is 2.05. The molecular formula is C16H10BN3+. The van der Waals surface area contributed by atoms with Crippen molar-refractivity contribution in [3.8, 4) is 0 Å². The fourth-order valence-electron chi connectivity index (χ4n) is 3.06. The number of hydrogen-bond acceptors (Lipinski definition) is 1. The lowest BCUT2D eigenvalue weighted by atomic mass is 10.1. The summed E-state index contributed by atoms with van der Waals surface area (Å²) in [4.78, 5) is 4.82. The topological polar surface area (TPSA) is 21.2 Å². The SMILES string of the molecule is [B]1n2c(c3cccc4cccc2c43)=Nc2cccc[n+]21. The first-order chi connectivity index (χ1) is 9.92. The van der Waals surface area contributed by atoms with Gasteiger partial charge in [0, 0.05) is 17.0 Å². The van der Waals surface area contributed by atoms with Crippen LogP contribution in [0.1, 0.15) is 0 Å². The van der Waals surface area contributed by atoms with Crippen molar-refractivity contribution in [1.82, 2.24) is 4.48 Å². The highest BCUT2D eigenvalue weighted by atomic mass is 15.1. The van der Waals surface area contributed by atoms with E-state index >= 15 is 0 Å². The number of benzene rings is 2. The molecule has 0 N–H and O–H groups in total. The lowest BCUT2D eigenvalue weighted by molar-refractivity contribution is -0.518. The van der Waals surface area contributed by atoms with Crippen LogP contribution in [0.3, 0.4) is 0 Å². The molecule has 0 atom stereocenters. The molecule has 4 heteroatoms. The summed E-state index contributed by atoms with van der Waals surface area (Å²) in [5, 5.41) is 3.77. The van der Waals surface area contributed by atoms with E-state index in [1.165, 1.54) is 21.7 Å². The van der Waals surface area contributed by atoms with Gasteiger partial charge >= 0.3 is 13.4 Å². The third kappa shape index (κ3) is 1.16. The van der Waals surface area contributed by atoms with Gasteiger partial charge in [0.05, 0.1) is 11.6 Å². The van der Waals surface area contributed by atoms with Crippen LogP contribution in [0.4, 0.5) is 5.82 Å². The molecule has 3 heterocycles. The van der Waals surface area contributed by atoms with E-state index in [1.807, 2.05) is 28.9 Å². The van der Waals surface area contributed by atoms with Crippen molar-refractivity contribution in [3.63, 3.8) is 0 Å². The minimum Gasteiger partial charge on any atom is -0.307 e. The van der Waals surface area contributed by atoms with Gasteiger partial charge in [0.25, 0.3) is 0 Å². The zero-order chi connectivity index (χ0) is 13.1. The van der Waals surface area contributed by atoms with Gasteiger partial charge in [-0.05, 0) is 28.6 Å². The van der Waals surface area contributed by atoms with Crippen molar-refractivity contribution in [1.29, 1.82) is 0 Å². The lowest BCUT2D eigenvalue weighted by Gasteiger charge is -2.05. The fraction of sp³-hybridized carbons (Fsp3) is 0. The predicted molar refractivity (Wildman–Crippen MR) is 79.0 cm³/mol. The molecular weight excluding hydrogens is 245 g/mol. The third-order valence-corrected chi connectivity index (χ3v) is 3.94. The van der Waals surface area contributed by atoms with Gasteiger partial charge in [0.1, 0.15) is 0 Å². The van der Waals surface area contributed by atoms with E-state index in [4.69, 9.17) is 4.99 Å². The van der Waals surface area contributed by atoms with E-state index in [-0.39, 0.29) is 0 Å². The van der Waals surface area contributed by atoms with Crippen molar-refractivity contribution in [2.75, 3.05) is 0 Å². The van der Waals surface area contributed by atoms with E-state index in [9.17, 15) is 0 Å². The molecule has 1 aliphatic rings. The van der Waals surface area contributed by atoms with Crippen molar-refractivity contribution in [3.05, 3.63) is 66.3 Å². The second kappa shape index (κ2) is 3.48. The molecule has 0 aliphatic carbocycles. The number of aromatic nitrogens is 2. The Hall–Kier alpha value is -2.62. The number of fused-ring (bicyclic) bond motifs is 4. The van der Waals surface area contributed by atoms with Crippen LogP contribution in [0.25, 0.3) is 21.7 Å². The summed E-state index contributed by atoms with van der Waals surface area (Å²) in [6.45, 7) is 0. The van der Waals surface area contributed by atoms with Crippen LogP contribution in [-0.2, 0) is 0 Å². The van der Waals surface area contributed by atoms with Gasteiger partial charge in [-0.15, -0.1) is 0 Å². The summed E-state index contributed by atoms with van der Waals surface area (Å²) in [6, 6.07) is 18.9. The van der Waals surface area contributed by atoms with Crippen LogP contribution >= 0.6 is 0 Å². The Morgan fingerprint density at radius 2 is 1.85 bits per heavy atom. The second-order valence-electron chi connectivity index (χ2n) is 5.07. The molecule has 0 saturated carbocycles. The zero-order valence-electron chi connectivity index (χ0n) is 10.7. The quantitative estimate of drug-likeness (QED) is 0.377. The van der Waals surface area contributed by atoms with Crippen molar-refractivity contribution in [2.24, 2.45) is 4.99 Å². The van der Waals surface area contributed by atoms with Gasteiger partial charge in [0.15, 0.2) is 0 Å².